The minimum Gasteiger partial charge on any atom is -0.466 e. The second-order valence-electron chi connectivity index (χ2n) is 4.16. The van der Waals surface area contributed by atoms with Crippen molar-refractivity contribution in [3.63, 3.8) is 0 Å². The fourth-order valence-electron chi connectivity index (χ4n) is 2.10. The van der Waals surface area contributed by atoms with Gasteiger partial charge in [-0.1, -0.05) is 11.6 Å². The van der Waals surface area contributed by atoms with Crippen molar-refractivity contribution in [1.29, 1.82) is 0 Å². The predicted octanol–water partition coefficient (Wildman–Crippen LogP) is 2.73. The lowest BCUT2D eigenvalue weighted by Crippen LogP contribution is -2.24. The van der Waals surface area contributed by atoms with Crippen molar-refractivity contribution >= 4 is 23.3 Å². The standard InChI is InChI=1S/C13H16ClNO2/c1-2-17-13(16)10-7-8-15(9-10)12-5-3-11(14)4-6-12/h3-6,10H,2,7-9H2,1H3. The summed E-state index contributed by atoms with van der Waals surface area (Å²) in [5.41, 5.74) is 1.11. The van der Waals surface area contributed by atoms with Crippen LogP contribution in [-0.4, -0.2) is 25.7 Å². The van der Waals surface area contributed by atoms with Crippen LogP contribution in [0.1, 0.15) is 13.3 Å². The Balaban J connectivity index is 1.98. The Labute approximate surface area is 106 Å². The van der Waals surface area contributed by atoms with Gasteiger partial charge in [0.15, 0.2) is 0 Å². The Morgan fingerprint density at radius 1 is 1.47 bits per heavy atom. The Hall–Kier alpha value is -1.22. The quantitative estimate of drug-likeness (QED) is 0.776. The highest BCUT2D eigenvalue weighted by atomic mass is 35.5. The second-order valence-corrected chi connectivity index (χ2v) is 4.60. The minimum atomic E-state index is -0.0797. The molecule has 1 aromatic rings. The first-order valence-corrected chi connectivity index (χ1v) is 6.25. The number of nitrogens with zero attached hydrogens (tertiary/aromatic N) is 1. The summed E-state index contributed by atoms with van der Waals surface area (Å²) >= 11 is 5.85. The lowest BCUT2D eigenvalue weighted by Gasteiger charge is -2.18. The number of carbonyl (C=O) groups is 1. The fraction of sp³-hybridized carbons (Fsp3) is 0.462. The number of halogens is 1. The molecule has 1 aliphatic rings. The van der Waals surface area contributed by atoms with Gasteiger partial charge in [-0.05, 0) is 37.6 Å². The molecule has 0 radical (unpaired) electrons. The highest BCUT2D eigenvalue weighted by molar-refractivity contribution is 6.30. The number of hydrogen-bond donors (Lipinski definition) is 0. The van der Waals surface area contributed by atoms with E-state index in [2.05, 4.69) is 4.90 Å². The average Bonchev–Trinajstić information content (AvgIpc) is 2.80. The summed E-state index contributed by atoms with van der Waals surface area (Å²) in [7, 11) is 0. The summed E-state index contributed by atoms with van der Waals surface area (Å²) in [6.45, 7) is 3.92. The highest BCUT2D eigenvalue weighted by Gasteiger charge is 2.29. The maximum atomic E-state index is 11.6. The summed E-state index contributed by atoms with van der Waals surface area (Å²) in [6.07, 6.45) is 0.863. The topological polar surface area (TPSA) is 29.5 Å². The molecule has 0 saturated carbocycles. The third-order valence-electron chi connectivity index (χ3n) is 3.00. The third-order valence-corrected chi connectivity index (χ3v) is 3.25. The minimum absolute atomic E-state index is 0.00521. The van der Waals surface area contributed by atoms with E-state index in [1.165, 1.54) is 0 Å². The molecule has 0 amide bonds. The summed E-state index contributed by atoms with van der Waals surface area (Å²) in [4.78, 5) is 13.8. The van der Waals surface area contributed by atoms with Gasteiger partial charge < -0.3 is 9.64 Å². The zero-order chi connectivity index (χ0) is 12.3. The molecule has 4 heteroatoms. The van der Waals surface area contributed by atoms with Crippen LogP contribution in [0.2, 0.25) is 5.02 Å². The van der Waals surface area contributed by atoms with Gasteiger partial charge in [0.25, 0.3) is 0 Å². The molecule has 0 aromatic heterocycles. The van der Waals surface area contributed by atoms with E-state index in [1.807, 2.05) is 31.2 Å². The number of hydrogen-bond acceptors (Lipinski definition) is 3. The Morgan fingerprint density at radius 3 is 2.82 bits per heavy atom. The van der Waals surface area contributed by atoms with E-state index in [-0.39, 0.29) is 11.9 Å². The average molecular weight is 254 g/mol. The Kier molecular flexibility index (Phi) is 3.89. The van der Waals surface area contributed by atoms with Gasteiger partial charge in [0.05, 0.1) is 12.5 Å². The smallest absolute Gasteiger partial charge is 0.310 e. The van der Waals surface area contributed by atoms with Crippen molar-refractivity contribution in [3.05, 3.63) is 29.3 Å². The van der Waals surface area contributed by atoms with E-state index in [1.54, 1.807) is 0 Å². The molecule has 1 fully saturated rings. The number of benzene rings is 1. The van der Waals surface area contributed by atoms with E-state index >= 15 is 0 Å². The largest absolute Gasteiger partial charge is 0.466 e. The Bertz CT molecular complexity index is 391. The van der Waals surface area contributed by atoms with Crippen LogP contribution in [0.25, 0.3) is 0 Å². The van der Waals surface area contributed by atoms with E-state index in [0.717, 1.165) is 30.2 Å². The molecule has 17 heavy (non-hydrogen) atoms. The van der Waals surface area contributed by atoms with Gasteiger partial charge in [0, 0.05) is 23.8 Å². The summed E-state index contributed by atoms with van der Waals surface area (Å²) in [5.74, 6) is -0.0745. The second kappa shape index (κ2) is 5.41. The molecule has 1 aliphatic heterocycles. The van der Waals surface area contributed by atoms with Gasteiger partial charge >= 0.3 is 5.97 Å². The molecule has 3 nitrogen and oxygen atoms in total. The monoisotopic (exact) mass is 253 g/mol. The first-order chi connectivity index (χ1) is 8.20. The summed E-state index contributed by atoms with van der Waals surface area (Å²) < 4.78 is 5.04. The highest BCUT2D eigenvalue weighted by Crippen LogP contribution is 2.25. The van der Waals surface area contributed by atoms with Crippen LogP contribution in [0, 0.1) is 5.92 Å². The van der Waals surface area contributed by atoms with Crippen LogP contribution in [0.5, 0.6) is 0 Å². The van der Waals surface area contributed by atoms with E-state index in [0.29, 0.717) is 6.61 Å². The molecule has 92 valence electrons. The van der Waals surface area contributed by atoms with Crippen LogP contribution in [0.15, 0.2) is 24.3 Å². The molecular formula is C13H16ClNO2. The predicted molar refractivity (Wildman–Crippen MR) is 68.4 cm³/mol. The number of rotatable bonds is 3. The number of carbonyl (C=O) groups excluding carboxylic acids is 1. The van der Waals surface area contributed by atoms with Gasteiger partial charge in [-0.25, -0.2) is 0 Å². The fourth-order valence-corrected chi connectivity index (χ4v) is 2.23. The van der Waals surface area contributed by atoms with Crippen molar-refractivity contribution in [3.8, 4) is 0 Å². The summed E-state index contributed by atoms with van der Waals surface area (Å²) in [6, 6.07) is 7.70. The van der Waals surface area contributed by atoms with Crippen LogP contribution in [-0.2, 0) is 9.53 Å². The van der Waals surface area contributed by atoms with Crippen molar-refractivity contribution in [2.24, 2.45) is 5.92 Å². The first-order valence-electron chi connectivity index (χ1n) is 5.88. The van der Waals surface area contributed by atoms with Crippen molar-refractivity contribution in [1.82, 2.24) is 0 Å². The number of esters is 1. The maximum absolute atomic E-state index is 11.6. The molecule has 1 aromatic carbocycles. The zero-order valence-electron chi connectivity index (χ0n) is 9.86. The molecule has 2 rings (SSSR count). The van der Waals surface area contributed by atoms with Gasteiger partial charge in [-0.2, -0.15) is 0 Å². The van der Waals surface area contributed by atoms with E-state index in [4.69, 9.17) is 16.3 Å². The van der Waals surface area contributed by atoms with Crippen LogP contribution in [0.3, 0.4) is 0 Å². The molecule has 0 bridgehead atoms. The lowest BCUT2D eigenvalue weighted by atomic mass is 10.1. The molecule has 0 N–H and O–H groups in total. The van der Waals surface area contributed by atoms with Gasteiger partial charge in [0.2, 0.25) is 0 Å². The lowest BCUT2D eigenvalue weighted by molar-refractivity contribution is -0.147. The SMILES string of the molecule is CCOC(=O)C1CCN(c2ccc(Cl)cc2)C1. The zero-order valence-corrected chi connectivity index (χ0v) is 10.6. The van der Waals surface area contributed by atoms with Crippen molar-refractivity contribution < 1.29 is 9.53 Å². The van der Waals surface area contributed by atoms with E-state index in [9.17, 15) is 4.79 Å². The maximum Gasteiger partial charge on any atom is 0.310 e. The van der Waals surface area contributed by atoms with Crippen LogP contribution in [0.4, 0.5) is 5.69 Å². The van der Waals surface area contributed by atoms with Crippen molar-refractivity contribution in [2.45, 2.75) is 13.3 Å². The van der Waals surface area contributed by atoms with Crippen molar-refractivity contribution in [2.75, 3.05) is 24.6 Å². The molecule has 1 heterocycles. The molecule has 1 saturated heterocycles. The van der Waals surface area contributed by atoms with Gasteiger partial charge in [0.1, 0.15) is 0 Å². The van der Waals surface area contributed by atoms with E-state index < -0.39 is 0 Å². The normalized spacial score (nSPS) is 19.4. The summed E-state index contributed by atoms with van der Waals surface area (Å²) in [5, 5.41) is 0.731. The molecular weight excluding hydrogens is 238 g/mol. The van der Waals surface area contributed by atoms with Gasteiger partial charge in [-0.15, -0.1) is 0 Å². The number of anilines is 1. The molecule has 1 unspecified atom stereocenters. The van der Waals surface area contributed by atoms with Crippen LogP contribution < -0.4 is 4.90 Å². The molecule has 0 spiro atoms. The third kappa shape index (κ3) is 2.91. The Morgan fingerprint density at radius 2 is 2.18 bits per heavy atom. The van der Waals surface area contributed by atoms with Gasteiger partial charge in [-0.3, -0.25) is 4.79 Å². The molecule has 0 aliphatic carbocycles. The first kappa shape index (κ1) is 12.2. The van der Waals surface area contributed by atoms with Crippen LogP contribution >= 0.6 is 11.6 Å². The number of ether oxygens (including phenoxy) is 1. The molecule has 1 atom stereocenters.